The van der Waals surface area contributed by atoms with Gasteiger partial charge in [0, 0.05) is 48.5 Å². The number of hydrogen-bond donors (Lipinski definition) is 1. The summed E-state index contributed by atoms with van der Waals surface area (Å²) in [6.45, 7) is 5.42. The minimum Gasteiger partial charge on any atom is -0.370 e. The van der Waals surface area contributed by atoms with E-state index in [2.05, 4.69) is 27.7 Å². The van der Waals surface area contributed by atoms with Crippen molar-refractivity contribution in [2.75, 3.05) is 19.6 Å². The molecular formula is C22H25FN2O2S. The lowest BCUT2D eigenvalue weighted by atomic mass is 9.73. The van der Waals surface area contributed by atoms with E-state index in [0.717, 1.165) is 38.0 Å². The predicted octanol–water partition coefficient (Wildman–Crippen LogP) is 3.61. The molecule has 1 N–H and O–H groups in total. The van der Waals surface area contributed by atoms with E-state index < -0.39 is 0 Å². The first-order chi connectivity index (χ1) is 13.5. The van der Waals surface area contributed by atoms with Crippen molar-refractivity contribution in [3.05, 3.63) is 57.5 Å². The van der Waals surface area contributed by atoms with Crippen LogP contribution in [0.5, 0.6) is 0 Å². The summed E-state index contributed by atoms with van der Waals surface area (Å²) in [4.78, 5) is 16.5. The average molecular weight is 401 g/mol. The first-order valence-electron chi connectivity index (χ1n) is 10.0. The van der Waals surface area contributed by atoms with E-state index in [1.807, 2.05) is 6.92 Å². The number of hydrogen-bond acceptors (Lipinski definition) is 4. The molecule has 4 heterocycles. The molecule has 3 fully saturated rings. The van der Waals surface area contributed by atoms with Crippen LogP contribution in [0.3, 0.4) is 0 Å². The summed E-state index contributed by atoms with van der Waals surface area (Å²) in [5.74, 6) is 0.222. The number of halogens is 1. The van der Waals surface area contributed by atoms with Gasteiger partial charge in [0.05, 0.1) is 11.7 Å². The fourth-order valence-corrected chi connectivity index (χ4v) is 6.19. The van der Waals surface area contributed by atoms with Crippen molar-refractivity contribution in [3.63, 3.8) is 0 Å². The Morgan fingerprint density at radius 2 is 2.32 bits per heavy atom. The molecule has 0 unspecified atom stereocenters. The number of benzene rings is 1. The molecule has 28 heavy (non-hydrogen) atoms. The number of carbonyl (C=O) groups excluding carboxylic acids is 1. The number of aryl methyl sites for hydroxylation is 1. The normalized spacial score (nSPS) is 31.3. The van der Waals surface area contributed by atoms with Gasteiger partial charge < -0.3 is 10.1 Å². The van der Waals surface area contributed by atoms with Gasteiger partial charge in [-0.1, -0.05) is 12.1 Å². The van der Waals surface area contributed by atoms with Crippen molar-refractivity contribution in [1.29, 1.82) is 0 Å². The molecule has 5 rings (SSSR count). The van der Waals surface area contributed by atoms with Crippen molar-refractivity contribution in [2.24, 2.45) is 11.8 Å². The van der Waals surface area contributed by atoms with Gasteiger partial charge in [-0.05, 0) is 48.9 Å². The first-order valence-corrected chi connectivity index (χ1v) is 10.9. The molecule has 1 amide bonds. The lowest BCUT2D eigenvalue weighted by molar-refractivity contribution is 0.00219. The highest BCUT2D eigenvalue weighted by atomic mass is 32.1. The standard InChI is InChI=1S/C22H25FN2O2S/c1-14-4-5-15(23)9-17(14)21(26)24-10-18-19-12-25(11-16-3-2-8-28-16)13-22(19)7-6-20(18)27-22/h2-5,8-9,18-20H,6-7,10-13H2,1H3,(H,24,26)/t18-,19+,20+,22+/m0/s1. The van der Waals surface area contributed by atoms with E-state index in [-0.39, 0.29) is 23.4 Å². The van der Waals surface area contributed by atoms with Gasteiger partial charge in [0.25, 0.3) is 5.91 Å². The maximum absolute atomic E-state index is 13.5. The molecule has 0 aliphatic carbocycles. The monoisotopic (exact) mass is 400 g/mol. The first kappa shape index (κ1) is 18.3. The Bertz CT molecular complexity index is 887. The molecule has 148 valence electrons. The fourth-order valence-electron chi connectivity index (χ4n) is 5.45. The van der Waals surface area contributed by atoms with Crippen molar-refractivity contribution in [2.45, 2.75) is 38.0 Å². The van der Waals surface area contributed by atoms with Crippen molar-refractivity contribution in [3.8, 4) is 0 Å². The van der Waals surface area contributed by atoms with Crippen molar-refractivity contribution >= 4 is 17.2 Å². The van der Waals surface area contributed by atoms with Gasteiger partial charge >= 0.3 is 0 Å². The van der Waals surface area contributed by atoms with Crippen LogP contribution in [0.2, 0.25) is 0 Å². The summed E-state index contributed by atoms with van der Waals surface area (Å²) < 4.78 is 20.0. The predicted molar refractivity (Wildman–Crippen MR) is 107 cm³/mol. The summed E-state index contributed by atoms with van der Waals surface area (Å²) >= 11 is 1.80. The Labute approximate surface area is 168 Å². The van der Waals surface area contributed by atoms with E-state index in [1.54, 1.807) is 17.4 Å². The van der Waals surface area contributed by atoms with Crippen LogP contribution in [0.4, 0.5) is 4.39 Å². The highest BCUT2D eigenvalue weighted by Gasteiger charge is 2.62. The zero-order chi connectivity index (χ0) is 19.3. The molecule has 1 aromatic carbocycles. The van der Waals surface area contributed by atoms with Crippen LogP contribution in [-0.4, -0.2) is 42.1 Å². The number of fused-ring (bicyclic) bond motifs is 1. The quantitative estimate of drug-likeness (QED) is 0.834. The van der Waals surface area contributed by atoms with Crippen molar-refractivity contribution < 1.29 is 13.9 Å². The molecular weight excluding hydrogens is 375 g/mol. The van der Waals surface area contributed by atoms with E-state index in [4.69, 9.17) is 4.74 Å². The Morgan fingerprint density at radius 1 is 1.43 bits per heavy atom. The molecule has 4 nitrogen and oxygen atoms in total. The number of likely N-dealkylation sites (tertiary alicyclic amines) is 1. The van der Waals surface area contributed by atoms with Crippen LogP contribution >= 0.6 is 11.3 Å². The number of carbonyl (C=O) groups is 1. The molecule has 2 aromatic rings. The third-order valence-corrected chi connectivity index (χ3v) is 7.62. The summed E-state index contributed by atoms with van der Waals surface area (Å²) in [5, 5.41) is 5.19. The third-order valence-electron chi connectivity index (χ3n) is 6.76. The molecule has 2 bridgehead atoms. The highest BCUT2D eigenvalue weighted by molar-refractivity contribution is 7.09. The number of nitrogens with zero attached hydrogens (tertiary/aromatic N) is 1. The SMILES string of the molecule is Cc1ccc(F)cc1C(=O)NC[C@H]1[C@H]2CN(Cc3cccs3)C[C@]23CC[C@H]1O3. The van der Waals surface area contributed by atoms with E-state index in [0.29, 0.717) is 23.9 Å². The zero-order valence-electron chi connectivity index (χ0n) is 16.0. The van der Waals surface area contributed by atoms with Gasteiger partial charge in [0.2, 0.25) is 0 Å². The van der Waals surface area contributed by atoms with Crippen LogP contribution in [0.1, 0.15) is 33.6 Å². The van der Waals surface area contributed by atoms with Gasteiger partial charge in [0.15, 0.2) is 0 Å². The van der Waals surface area contributed by atoms with Gasteiger partial charge in [-0.3, -0.25) is 9.69 Å². The molecule has 6 heteroatoms. The van der Waals surface area contributed by atoms with E-state index in [1.165, 1.54) is 17.0 Å². The number of ether oxygens (including phenoxy) is 1. The van der Waals surface area contributed by atoms with Gasteiger partial charge in [-0.15, -0.1) is 11.3 Å². The number of amides is 1. The second-order valence-electron chi connectivity index (χ2n) is 8.45. The Balaban J connectivity index is 1.26. The van der Waals surface area contributed by atoms with Crippen LogP contribution < -0.4 is 5.32 Å². The minimum absolute atomic E-state index is 0.0356. The Morgan fingerprint density at radius 3 is 3.14 bits per heavy atom. The maximum atomic E-state index is 13.5. The second kappa shape index (κ2) is 6.94. The number of nitrogens with one attached hydrogen (secondary N) is 1. The lowest BCUT2D eigenvalue weighted by Gasteiger charge is -2.29. The molecule has 0 saturated carbocycles. The maximum Gasteiger partial charge on any atom is 0.251 e. The Hall–Kier alpha value is -1.76. The Kier molecular flexibility index (Phi) is 4.53. The van der Waals surface area contributed by atoms with Crippen LogP contribution in [0.15, 0.2) is 35.7 Å². The van der Waals surface area contributed by atoms with Crippen LogP contribution in [0.25, 0.3) is 0 Å². The summed E-state index contributed by atoms with van der Waals surface area (Å²) in [6.07, 6.45) is 2.43. The molecule has 1 aromatic heterocycles. The largest absolute Gasteiger partial charge is 0.370 e. The topological polar surface area (TPSA) is 41.6 Å². The van der Waals surface area contributed by atoms with E-state index in [9.17, 15) is 9.18 Å². The molecule has 0 radical (unpaired) electrons. The van der Waals surface area contributed by atoms with Gasteiger partial charge in [0.1, 0.15) is 5.82 Å². The summed E-state index contributed by atoms with van der Waals surface area (Å²) in [5.41, 5.74) is 1.18. The molecule has 3 saturated heterocycles. The van der Waals surface area contributed by atoms with E-state index >= 15 is 0 Å². The highest BCUT2D eigenvalue weighted by Crippen LogP contribution is 2.54. The zero-order valence-corrected chi connectivity index (χ0v) is 16.8. The summed E-state index contributed by atoms with van der Waals surface area (Å²) in [7, 11) is 0. The van der Waals surface area contributed by atoms with Crippen LogP contribution in [-0.2, 0) is 11.3 Å². The summed E-state index contributed by atoms with van der Waals surface area (Å²) in [6, 6.07) is 8.65. The average Bonchev–Trinajstić information content (AvgIpc) is 3.43. The third kappa shape index (κ3) is 3.08. The van der Waals surface area contributed by atoms with Gasteiger partial charge in [-0.2, -0.15) is 0 Å². The second-order valence-corrected chi connectivity index (χ2v) is 9.48. The lowest BCUT2D eigenvalue weighted by Crippen LogP contribution is -2.42. The molecule has 3 aliphatic rings. The molecule has 3 aliphatic heterocycles. The number of rotatable bonds is 5. The molecule has 1 spiro atoms. The smallest absolute Gasteiger partial charge is 0.251 e. The van der Waals surface area contributed by atoms with Crippen molar-refractivity contribution in [1.82, 2.24) is 10.2 Å². The minimum atomic E-state index is -0.377. The molecule has 4 atom stereocenters. The van der Waals surface area contributed by atoms with Gasteiger partial charge in [-0.25, -0.2) is 4.39 Å². The fraction of sp³-hybridized carbons (Fsp3) is 0.500. The number of thiophene rings is 1. The van der Waals surface area contributed by atoms with Crippen LogP contribution in [0, 0.1) is 24.6 Å².